The van der Waals surface area contributed by atoms with Crippen LogP contribution in [0.25, 0.3) is 0 Å². The van der Waals surface area contributed by atoms with E-state index in [1.54, 1.807) is 0 Å². The van der Waals surface area contributed by atoms with E-state index in [9.17, 15) is 9.90 Å². The molecule has 0 spiro atoms. The van der Waals surface area contributed by atoms with Gasteiger partial charge in [-0.2, -0.15) is 4.99 Å². The summed E-state index contributed by atoms with van der Waals surface area (Å²) in [5.74, 6) is 0. The van der Waals surface area contributed by atoms with Crippen LogP contribution in [0.2, 0.25) is 0 Å². The number of aliphatic hydroxyl groups excluding tert-OH is 2. The molecule has 0 amide bonds. The molecule has 1 aromatic carbocycles. The predicted molar refractivity (Wildman–Crippen MR) is 56.2 cm³/mol. The molecular weight excluding hydrogens is 210 g/mol. The summed E-state index contributed by atoms with van der Waals surface area (Å²) < 4.78 is 5.22. The van der Waals surface area contributed by atoms with Gasteiger partial charge in [0.1, 0.15) is 6.10 Å². The third-order valence-corrected chi connectivity index (χ3v) is 2.00. The normalized spacial score (nSPS) is 13.9. The average Bonchev–Trinajstić information content (AvgIpc) is 2.31. The molecular formula is C11H13NO4. The monoisotopic (exact) mass is 223 g/mol. The maximum Gasteiger partial charge on any atom is 0.237 e. The Kier molecular flexibility index (Phi) is 5.39. The Morgan fingerprint density at radius 2 is 2.06 bits per heavy atom. The topological polar surface area (TPSA) is 79.1 Å². The van der Waals surface area contributed by atoms with Crippen LogP contribution in [0.15, 0.2) is 35.3 Å². The molecule has 0 heterocycles. The molecule has 1 rings (SSSR count). The van der Waals surface area contributed by atoms with Crippen molar-refractivity contribution >= 4 is 6.08 Å². The van der Waals surface area contributed by atoms with Gasteiger partial charge in [-0.3, -0.25) is 0 Å². The van der Waals surface area contributed by atoms with Gasteiger partial charge in [0.25, 0.3) is 0 Å². The highest BCUT2D eigenvalue weighted by molar-refractivity contribution is 5.33. The summed E-state index contributed by atoms with van der Waals surface area (Å²) in [5.41, 5.74) is 0.906. The number of benzene rings is 1. The van der Waals surface area contributed by atoms with E-state index in [2.05, 4.69) is 4.99 Å². The summed E-state index contributed by atoms with van der Waals surface area (Å²) in [6.45, 7) is -0.184. The van der Waals surface area contributed by atoms with E-state index in [1.165, 1.54) is 6.08 Å². The van der Waals surface area contributed by atoms with E-state index in [-0.39, 0.29) is 6.61 Å². The van der Waals surface area contributed by atoms with Gasteiger partial charge in [-0.25, -0.2) is 4.79 Å². The summed E-state index contributed by atoms with van der Waals surface area (Å²) >= 11 is 0. The van der Waals surface area contributed by atoms with Crippen LogP contribution in [0.5, 0.6) is 0 Å². The van der Waals surface area contributed by atoms with Gasteiger partial charge in [-0.15, -0.1) is 0 Å². The Bertz CT molecular complexity index is 348. The standard InChI is InChI=1S/C11H13NO4/c13-6-10(11(15)12-8-14)16-7-9-4-2-1-3-5-9/h1-5,10-11,13,15H,6-7H2. The lowest BCUT2D eigenvalue weighted by atomic mass is 10.2. The molecule has 1 aromatic rings. The molecule has 0 bridgehead atoms. The zero-order chi connectivity index (χ0) is 11.8. The minimum Gasteiger partial charge on any atom is -0.393 e. The lowest BCUT2D eigenvalue weighted by Crippen LogP contribution is -2.30. The van der Waals surface area contributed by atoms with Gasteiger partial charge >= 0.3 is 0 Å². The van der Waals surface area contributed by atoms with Gasteiger partial charge in [0.05, 0.1) is 13.2 Å². The SMILES string of the molecule is O=C=NC(O)C(CO)OCc1ccccc1. The second-order valence-corrected chi connectivity index (χ2v) is 3.15. The van der Waals surface area contributed by atoms with Crippen LogP contribution in [0.1, 0.15) is 5.56 Å². The summed E-state index contributed by atoms with van der Waals surface area (Å²) in [5, 5.41) is 18.2. The summed E-state index contributed by atoms with van der Waals surface area (Å²) in [4.78, 5) is 13.0. The maximum atomic E-state index is 9.92. The van der Waals surface area contributed by atoms with E-state index in [0.717, 1.165) is 5.56 Å². The Morgan fingerprint density at radius 3 is 2.62 bits per heavy atom. The van der Waals surface area contributed by atoms with Crippen LogP contribution in [0.3, 0.4) is 0 Å². The average molecular weight is 223 g/mol. The quantitative estimate of drug-likeness (QED) is 0.534. The van der Waals surface area contributed by atoms with Crippen molar-refractivity contribution in [2.75, 3.05) is 6.61 Å². The number of rotatable bonds is 6. The van der Waals surface area contributed by atoms with E-state index in [1.807, 2.05) is 30.3 Å². The second kappa shape index (κ2) is 6.87. The first-order valence-electron chi connectivity index (χ1n) is 4.79. The summed E-state index contributed by atoms with van der Waals surface area (Å²) in [7, 11) is 0. The first-order valence-corrected chi connectivity index (χ1v) is 4.79. The van der Waals surface area contributed by atoms with Gasteiger partial charge in [-0.05, 0) is 5.56 Å². The zero-order valence-corrected chi connectivity index (χ0v) is 8.61. The molecule has 5 nitrogen and oxygen atoms in total. The number of hydrogen-bond donors (Lipinski definition) is 2. The molecule has 0 aliphatic rings. The van der Waals surface area contributed by atoms with E-state index < -0.39 is 18.9 Å². The molecule has 16 heavy (non-hydrogen) atoms. The number of hydrogen-bond acceptors (Lipinski definition) is 5. The molecule has 0 radical (unpaired) electrons. The Morgan fingerprint density at radius 1 is 1.38 bits per heavy atom. The third-order valence-electron chi connectivity index (χ3n) is 2.00. The van der Waals surface area contributed by atoms with E-state index >= 15 is 0 Å². The second-order valence-electron chi connectivity index (χ2n) is 3.15. The van der Waals surface area contributed by atoms with Crippen molar-refractivity contribution in [3.63, 3.8) is 0 Å². The predicted octanol–water partition coefficient (Wildman–Crippen LogP) is 0.218. The van der Waals surface area contributed by atoms with E-state index in [0.29, 0.717) is 0 Å². The molecule has 86 valence electrons. The fraction of sp³-hybridized carbons (Fsp3) is 0.364. The maximum absolute atomic E-state index is 9.92. The highest BCUT2D eigenvalue weighted by Crippen LogP contribution is 2.06. The molecule has 5 heteroatoms. The Hall–Kier alpha value is -1.52. The van der Waals surface area contributed by atoms with Crippen LogP contribution in [0.4, 0.5) is 0 Å². The number of carbonyl (C=O) groups excluding carboxylic acids is 1. The van der Waals surface area contributed by atoms with Crippen LogP contribution in [0, 0.1) is 0 Å². The van der Waals surface area contributed by atoms with Crippen molar-refractivity contribution in [3.8, 4) is 0 Å². The van der Waals surface area contributed by atoms with Gasteiger partial charge in [0, 0.05) is 0 Å². The molecule has 2 atom stereocenters. The van der Waals surface area contributed by atoms with Crippen molar-refractivity contribution in [1.29, 1.82) is 0 Å². The van der Waals surface area contributed by atoms with Gasteiger partial charge in [0.2, 0.25) is 6.08 Å². The molecule has 0 aliphatic heterocycles. The van der Waals surface area contributed by atoms with Crippen molar-refractivity contribution in [1.82, 2.24) is 0 Å². The number of ether oxygens (including phenoxy) is 1. The molecule has 0 fully saturated rings. The van der Waals surface area contributed by atoms with Crippen molar-refractivity contribution in [2.45, 2.75) is 18.9 Å². The van der Waals surface area contributed by atoms with Gasteiger partial charge in [-0.1, -0.05) is 30.3 Å². The number of aliphatic hydroxyl groups is 2. The lowest BCUT2D eigenvalue weighted by molar-refractivity contribution is -0.0671. The highest BCUT2D eigenvalue weighted by atomic mass is 16.5. The Labute approximate surface area is 93.0 Å². The van der Waals surface area contributed by atoms with E-state index in [4.69, 9.17) is 9.84 Å². The van der Waals surface area contributed by atoms with Crippen molar-refractivity contribution in [2.24, 2.45) is 4.99 Å². The number of isocyanates is 1. The van der Waals surface area contributed by atoms with Gasteiger partial charge in [0.15, 0.2) is 6.23 Å². The van der Waals surface area contributed by atoms with Crippen LogP contribution in [-0.4, -0.2) is 35.2 Å². The molecule has 2 N–H and O–H groups in total. The summed E-state index contributed by atoms with van der Waals surface area (Å²) in [6, 6.07) is 9.28. The minimum absolute atomic E-state index is 0.234. The smallest absolute Gasteiger partial charge is 0.237 e. The Balaban J connectivity index is 2.49. The molecule has 0 saturated carbocycles. The van der Waals surface area contributed by atoms with Crippen molar-refractivity contribution < 1.29 is 19.7 Å². The fourth-order valence-corrected chi connectivity index (χ4v) is 1.15. The van der Waals surface area contributed by atoms with Crippen LogP contribution < -0.4 is 0 Å². The number of nitrogens with zero attached hydrogens (tertiary/aromatic N) is 1. The van der Waals surface area contributed by atoms with Crippen LogP contribution >= 0.6 is 0 Å². The molecule has 2 unspecified atom stereocenters. The largest absolute Gasteiger partial charge is 0.393 e. The third kappa shape index (κ3) is 3.92. The zero-order valence-electron chi connectivity index (χ0n) is 8.61. The highest BCUT2D eigenvalue weighted by Gasteiger charge is 2.18. The molecule has 0 aliphatic carbocycles. The first kappa shape index (κ1) is 12.5. The lowest BCUT2D eigenvalue weighted by Gasteiger charge is -2.17. The number of aliphatic imine (C=N–C) groups is 1. The minimum atomic E-state index is -1.38. The summed E-state index contributed by atoms with van der Waals surface area (Å²) in [6.07, 6.45) is -1.08. The van der Waals surface area contributed by atoms with Crippen molar-refractivity contribution in [3.05, 3.63) is 35.9 Å². The first-order chi connectivity index (χ1) is 7.77. The van der Waals surface area contributed by atoms with Crippen LogP contribution in [-0.2, 0) is 16.1 Å². The van der Waals surface area contributed by atoms with Gasteiger partial charge < -0.3 is 14.9 Å². The molecule has 0 aromatic heterocycles. The fourth-order valence-electron chi connectivity index (χ4n) is 1.15. The molecule has 0 saturated heterocycles.